The number of methoxy groups -OCH3 is 1. The maximum atomic E-state index is 12.3. The molecule has 0 spiro atoms. The lowest BCUT2D eigenvalue weighted by Gasteiger charge is -2.24. The molecular weight excluding hydrogens is 254 g/mol. The van der Waals surface area contributed by atoms with Crippen molar-refractivity contribution in [2.24, 2.45) is 0 Å². The average molecular weight is 277 g/mol. The molecule has 1 saturated heterocycles. The summed E-state index contributed by atoms with van der Waals surface area (Å²) in [4.78, 5) is 14.7. The molecule has 0 saturated carbocycles. The molecule has 0 radical (unpaired) electrons. The molecule has 1 atom stereocenters. The molecular formula is C15H23N3O2. The minimum Gasteiger partial charge on any atom is -0.496 e. The summed E-state index contributed by atoms with van der Waals surface area (Å²) in [6, 6.07) is 5.58. The zero-order chi connectivity index (χ0) is 14.5. The summed E-state index contributed by atoms with van der Waals surface area (Å²) in [6.07, 6.45) is 2.50. The minimum absolute atomic E-state index is 0.175. The van der Waals surface area contributed by atoms with E-state index in [0.717, 1.165) is 13.1 Å². The highest BCUT2D eigenvalue weighted by molar-refractivity contribution is 6.01. The fourth-order valence-corrected chi connectivity index (χ4v) is 2.60. The molecule has 1 aliphatic rings. The van der Waals surface area contributed by atoms with Crippen molar-refractivity contribution in [3.63, 3.8) is 0 Å². The third-order valence-electron chi connectivity index (χ3n) is 3.83. The average Bonchev–Trinajstić information content (AvgIpc) is 2.98. The van der Waals surface area contributed by atoms with Gasteiger partial charge in [0.25, 0.3) is 5.91 Å². The van der Waals surface area contributed by atoms with Crippen LogP contribution in [0.4, 0.5) is 5.69 Å². The summed E-state index contributed by atoms with van der Waals surface area (Å²) < 4.78 is 5.20. The third-order valence-corrected chi connectivity index (χ3v) is 3.83. The molecule has 1 aromatic rings. The van der Waals surface area contributed by atoms with E-state index in [1.165, 1.54) is 12.8 Å². The molecule has 1 fully saturated rings. The van der Waals surface area contributed by atoms with Gasteiger partial charge in [0.05, 0.1) is 7.11 Å². The molecule has 0 bridgehead atoms. The number of hydrogen-bond donors (Lipinski definition) is 2. The van der Waals surface area contributed by atoms with E-state index >= 15 is 0 Å². The lowest BCUT2D eigenvalue weighted by atomic mass is 10.1. The van der Waals surface area contributed by atoms with Crippen LogP contribution in [0.15, 0.2) is 18.2 Å². The Hall–Kier alpha value is -1.75. The van der Waals surface area contributed by atoms with Crippen molar-refractivity contribution in [1.29, 1.82) is 0 Å². The molecule has 1 aliphatic heterocycles. The fraction of sp³-hybridized carbons (Fsp3) is 0.533. The van der Waals surface area contributed by atoms with Crippen molar-refractivity contribution in [2.75, 3.05) is 32.5 Å². The molecule has 1 amide bonds. The maximum Gasteiger partial charge on any atom is 0.257 e. The van der Waals surface area contributed by atoms with Crippen molar-refractivity contribution in [3.05, 3.63) is 23.8 Å². The van der Waals surface area contributed by atoms with E-state index in [2.05, 4.69) is 17.1 Å². The number of carbonyl (C=O) groups excluding carboxylic acids is 1. The first-order chi connectivity index (χ1) is 9.63. The van der Waals surface area contributed by atoms with E-state index in [1.54, 1.807) is 25.3 Å². The highest BCUT2D eigenvalue weighted by atomic mass is 16.5. The quantitative estimate of drug-likeness (QED) is 0.800. The molecule has 5 heteroatoms. The Morgan fingerprint density at radius 1 is 1.45 bits per heavy atom. The number of nitrogens with zero attached hydrogens (tertiary/aromatic N) is 1. The molecule has 1 heterocycles. The largest absolute Gasteiger partial charge is 0.496 e. The van der Waals surface area contributed by atoms with Crippen LogP contribution in [-0.4, -0.2) is 43.6 Å². The first kappa shape index (κ1) is 14.7. The zero-order valence-corrected chi connectivity index (χ0v) is 12.2. The van der Waals surface area contributed by atoms with Gasteiger partial charge in [0.2, 0.25) is 0 Å². The van der Waals surface area contributed by atoms with Crippen LogP contribution in [0.25, 0.3) is 0 Å². The van der Waals surface area contributed by atoms with Gasteiger partial charge in [0.15, 0.2) is 0 Å². The number of anilines is 1. The van der Waals surface area contributed by atoms with E-state index in [9.17, 15) is 4.79 Å². The van der Waals surface area contributed by atoms with E-state index in [0.29, 0.717) is 29.6 Å². The van der Waals surface area contributed by atoms with Crippen molar-refractivity contribution < 1.29 is 9.53 Å². The van der Waals surface area contributed by atoms with Gasteiger partial charge in [-0.3, -0.25) is 9.69 Å². The van der Waals surface area contributed by atoms with Crippen molar-refractivity contribution in [1.82, 2.24) is 10.2 Å². The molecule has 0 aliphatic carbocycles. The van der Waals surface area contributed by atoms with E-state index < -0.39 is 0 Å². The number of ether oxygens (including phenoxy) is 1. The highest BCUT2D eigenvalue weighted by Crippen LogP contribution is 2.23. The number of nitrogens with one attached hydrogen (secondary N) is 1. The smallest absolute Gasteiger partial charge is 0.257 e. The number of likely N-dealkylation sites (tertiary alicyclic amines) is 1. The lowest BCUT2D eigenvalue weighted by molar-refractivity contribution is 0.0938. The SMILES string of the molecule is COc1cccc(N)c1C(=O)NCC(C)N1CCCC1. The normalized spacial score (nSPS) is 16.9. The highest BCUT2D eigenvalue weighted by Gasteiger charge is 2.20. The second-order valence-electron chi connectivity index (χ2n) is 5.23. The Kier molecular flexibility index (Phi) is 4.84. The van der Waals surface area contributed by atoms with Gasteiger partial charge in [-0.1, -0.05) is 6.07 Å². The number of carbonyl (C=O) groups is 1. The summed E-state index contributed by atoms with van der Waals surface area (Å²) in [7, 11) is 1.54. The lowest BCUT2D eigenvalue weighted by Crippen LogP contribution is -2.40. The van der Waals surface area contributed by atoms with Gasteiger partial charge < -0.3 is 15.8 Å². The Morgan fingerprint density at radius 2 is 2.15 bits per heavy atom. The van der Waals surface area contributed by atoms with Crippen molar-refractivity contribution >= 4 is 11.6 Å². The van der Waals surface area contributed by atoms with Crippen LogP contribution >= 0.6 is 0 Å². The van der Waals surface area contributed by atoms with Gasteiger partial charge in [0, 0.05) is 18.3 Å². The van der Waals surface area contributed by atoms with Gasteiger partial charge in [-0.15, -0.1) is 0 Å². The van der Waals surface area contributed by atoms with Gasteiger partial charge >= 0.3 is 0 Å². The molecule has 0 aromatic heterocycles. The first-order valence-corrected chi connectivity index (χ1v) is 7.08. The van der Waals surface area contributed by atoms with Crippen molar-refractivity contribution in [3.8, 4) is 5.75 Å². The summed E-state index contributed by atoms with van der Waals surface area (Å²) in [5, 5.41) is 2.95. The topological polar surface area (TPSA) is 67.6 Å². The fourth-order valence-electron chi connectivity index (χ4n) is 2.60. The summed E-state index contributed by atoms with van der Waals surface area (Å²) in [6.45, 7) is 5.00. The number of nitrogens with two attached hydrogens (primary N) is 1. The molecule has 5 nitrogen and oxygen atoms in total. The van der Waals surface area contributed by atoms with Crippen LogP contribution in [0.5, 0.6) is 5.75 Å². The summed E-state index contributed by atoms with van der Waals surface area (Å²) >= 11 is 0. The second-order valence-corrected chi connectivity index (χ2v) is 5.23. The summed E-state index contributed by atoms with van der Waals surface area (Å²) in [5.74, 6) is 0.335. The van der Waals surface area contributed by atoms with Gasteiger partial charge in [0.1, 0.15) is 11.3 Å². The van der Waals surface area contributed by atoms with E-state index in [1.807, 2.05) is 0 Å². The number of benzene rings is 1. The van der Waals surface area contributed by atoms with Crippen molar-refractivity contribution in [2.45, 2.75) is 25.8 Å². The number of nitrogen functional groups attached to an aromatic ring is 1. The predicted octanol–water partition coefficient (Wildman–Crippen LogP) is 1.49. The van der Waals surface area contributed by atoms with Crippen LogP contribution in [0.1, 0.15) is 30.1 Å². The van der Waals surface area contributed by atoms with Crippen LogP contribution < -0.4 is 15.8 Å². The Bertz CT molecular complexity index is 470. The third kappa shape index (κ3) is 3.22. The molecule has 20 heavy (non-hydrogen) atoms. The maximum absolute atomic E-state index is 12.3. The molecule has 2 rings (SSSR count). The zero-order valence-electron chi connectivity index (χ0n) is 12.2. The van der Waals surface area contributed by atoms with Crippen LogP contribution in [-0.2, 0) is 0 Å². The van der Waals surface area contributed by atoms with E-state index in [4.69, 9.17) is 10.5 Å². The van der Waals surface area contributed by atoms with E-state index in [-0.39, 0.29) is 5.91 Å². The molecule has 110 valence electrons. The van der Waals surface area contributed by atoms with Gasteiger partial charge in [-0.2, -0.15) is 0 Å². The van der Waals surface area contributed by atoms with Crippen LogP contribution in [0, 0.1) is 0 Å². The Balaban J connectivity index is 1.98. The number of hydrogen-bond acceptors (Lipinski definition) is 4. The predicted molar refractivity (Wildman–Crippen MR) is 80.0 cm³/mol. The summed E-state index contributed by atoms with van der Waals surface area (Å²) in [5.41, 5.74) is 6.74. The standard InChI is InChI=1S/C15H23N3O2/c1-11(18-8-3-4-9-18)10-17-15(19)14-12(16)6-5-7-13(14)20-2/h5-7,11H,3-4,8-10,16H2,1-2H3,(H,17,19). The van der Waals surface area contributed by atoms with Crippen LogP contribution in [0.2, 0.25) is 0 Å². The Labute approximate surface area is 120 Å². The van der Waals surface area contributed by atoms with Crippen LogP contribution in [0.3, 0.4) is 0 Å². The first-order valence-electron chi connectivity index (χ1n) is 7.08. The number of rotatable bonds is 5. The minimum atomic E-state index is -0.175. The van der Waals surface area contributed by atoms with Gasteiger partial charge in [-0.25, -0.2) is 0 Å². The second kappa shape index (κ2) is 6.61. The molecule has 1 aromatic carbocycles. The molecule has 1 unspecified atom stereocenters. The molecule has 3 N–H and O–H groups in total. The van der Waals surface area contributed by atoms with Gasteiger partial charge in [-0.05, 0) is 45.0 Å². The Morgan fingerprint density at radius 3 is 2.80 bits per heavy atom. The number of amides is 1. The monoisotopic (exact) mass is 277 g/mol.